The first kappa shape index (κ1) is 13.5. The average Bonchev–Trinajstić information content (AvgIpc) is 2.27. The Hall–Kier alpha value is -1.57. The van der Waals surface area contributed by atoms with Crippen molar-refractivity contribution in [3.8, 4) is 11.8 Å². The first-order valence-corrected chi connectivity index (χ1v) is 4.67. The maximum atomic E-state index is 12.0. The normalized spacial score (nSPS) is 11.4. The molecule has 0 saturated carbocycles. The summed E-state index contributed by atoms with van der Waals surface area (Å²) in [5, 5.41) is 2.23. The van der Waals surface area contributed by atoms with Gasteiger partial charge in [0.15, 0.2) is 0 Å². The Kier molecular flexibility index (Phi) is 4.50. The van der Waals surface area contributed by atoms with Crippen molar-refractivity contribution in [2.75, 3.05) is 20.8 Å². The number of aromatic nitrogens is 2. The zero-order valence-electron chi connectivity index (χ0n) is 9.34. The van der Waals surface area contributed by atoms with Gasteiger partial charge < -0.3 is 14.8 Å². The van der Waals surface area contributed by atoms with Crippen LogP contribution in [0, 0.1) is 0 Å². The van der Waals surface area contributed by atoms with Gasteiger partial charge in [-0.1, -0.05) is 0 Å². The number of nitrogens with zero attached hydrogens (tertiary/aromatic N) is 2. The highest BCUT2D eigenvalue weighted by molar-refractivity contribution is 5.34. The second-order valence-corrected chi connectivity index (χ2v) is 3.09. The predicted octanol–water partition coefficient (Wildman–Crippen LogP) is 1.15. The van der Waals surface area contributed by atoms with Crippen molar-refractivity contribution in [3.05, 3.63) is 11.9 Å². The fourth-order valence-corrected chi connectivity index (χ4v) is 1.21. The molecule has 17 heavy (non-hydrogen) atoms. The van der Waals surface area contributed by atoms with Crippen LogP contribution in [0.2, 0.25) is 0 Å². The topological polar surface area (TPSA) is 56.3 Å². The standard InChI is InChI=1S/C9H12F3N3O2/c1-16-7-6(3-13-4-9(10,11)12)8(17-2)15-5-14-7/h5,13H,3-4H2,1-2H3. The summed E-state index contributed by atoms with van der Waals surface area (Å²) in [6, 6.07) is 0. The van der Waals surface area contributed by atoms with Crippen LogP contribution in [0.5, 0.6) is 11.8 Å². The van der Waals surface area contributed by atoms with Crippen molar-refractivity contribution in [3.63, 3.8) is 0 Å². The third kappa shape index (κ3) is 4.06. The van der Waals surface area contributed by atoms with Crippen molar-refractivity contribution in [2.45, 2.75) is 12.7 Å². The number of rotatable bonds is 5. The van der Waals surface area contributed by atoms with E-state index in [-0.39, 0.29) is 18.3 Å². The van der Waals surface area contributed by atoms with E-state index in [0.717, 1.165) is 0 Å². The molecule has 1 N–H and O–H groups in total. The van der Waals surface area contributed by atoms with Crippen molar-refractivity contribution >= 4 is 0 Å². The van der Waals surface area contributed by atoms with Gasteiger partial charge in [-0.3, -0.25) is 0 Å². The summed E-state index contributed by atoms with van der Waals surface area (Å²) in [5.74, 6) is 0.373. The summed E-state index contributed by atoms with van der Waals surface area (Å²) in [6.45, 7) is -1.19. The molecule has 0 saturated heterocycles. The molecule has 1 heterocycles. The smallest absolute Gasteiger partial charge is 0.401 e. The Balaban J connectivity index is 2.74. The van der Waals surface area contributed by atoms with Gasteiger partial charge >= 0.3 is 6.18 Å². The quantitative estimate of drug-likeness (QED) is 0.850. The third-order valence-electron chi connectivity index (χ3n) is 1.88. The van der Waals surface area contributed by atoms with E-state index in [0.29, 0.717) is 5.56 Å². The summed E-state index contributed by atoms with van der Waals surface area (Å²) in [6.07, 6.45) is -3.05. The van der Waals surface area contributed by atoms with E-state index in [9.17, 15) is 13.2 Å². The van der Waals surface area contributed by atoms with E-state index in [1.807, 2.05) is 0 Å². The minimum atomic E-state index is -4.27. The number of nitrogens with one attached hydrogen (secondary N) is 1. The van der Waals surface area contributed by atoms with Crippen LogP contribution in [0.15, 0.2) is 6.33 Å². The second-order valence-electron chi connectivity index (χ2n) is 3.09. The SMILES string of the molecule is COc1ncnc(OC)c1CNCC(F)(F)F. The van der Waals surface area contributed by atoms with Crippen LogP contribution in [0.1, 0.15) is 5.56 Å². The van der Waals surface area contributed by atoms with E-state index < -0.39 is 12.7 Å². The zero-order chi connectivity index (χ0) is 12.9. The Labute approximate surface area is 96.0 Å². The van der Waals surface area contributed by atoms with Crippen molar-refractivity contribution in [1.29, 1.82) is 0 Å². The molecule has 0 radical (unpaired) electrons. The largest absolute Gasteiger partial charge is 0.481 e. The maximum Gasteiger partial charge on any atom is 0.401 e. The van der Waals surface area contributed by atoms with Crippen molar-refractivity contribution in [1.82, 2.24) is 15.3 Å². The summed E-state index contributed by atoms with van der Waals surface area (Å²) in [5.41, 5.74) is 0.349. The van der Waals surface area contributed by atoms with Crippen molar-refractivity contribution in [2.24, 2.45) is 0 Å². The molecule has 0 aliphatic heterocycles. The highest BCUT2D eigenvalue weighted by Crippen LogP contribution is 2.23. The van der Waals surface area contributed by atoms with Gasteiger partial charge in [0.2, 0.25) is 11.8 Å². The van der Waals surface area contributed by atoms with Crippen LogP contribution < -0.4 is 14.8 Å². The lowest BCUT2D eigenvalue weighted by Gasteiger charge is -2.12. The molecular formula is C9H12F3N3O2. The lowest BCUT2D eigenvalue weighted by atomic mass is 10.3. The zero-order valence-corrected chi connectivity index (χ0v) is 9.34. The highest BCUT2D eigenvalue weighted by Gasteiger charge is 2.26. The molecule has 1 rings (SSSR count). The van der Waals surface area contributed by atoms with Gasteiger partial charge in [0.1, 0.15) is 6.33 Å². The van der Waals surface area contributed by atoms with E-state index in [2.05, 4.69) is 15.3 Å². The molecule has 0 aliphatic carbocycles. The minimum absolute atomic E-state index is 0.0906. The maximum absolute atomic E-state index is 12.0. The van der Waals surface area contributed by atoms with Gasteiger partial charge in [-0.15, -0.1) is 0 Å². The van der Waals surface area contributed by atoms with Gasteiger partial charge in [-0.25, -0.2) is 9.97 Å². The molecule has 0 unspecified atom stereocenters. The number of methoxy groups -OCH3 is 2. The van der Waals surface area contributed by atoms with Gasteiger partial charge in [0, 0.05) is 6.54 Å². The Bertz CT molecular complexity index is 349. The van der Waals surface area contributed by atoms with Crippen LogP contribution in [0.3, 0.4) is 0 Å². The van der Waals surface area contributed by atoms with Crippen LogP contribution in [0.25, 0.3) is 0 Å². The fourth-order valence-electron chi connectivity index (χ4n) is 1.21. The molecule has 0 aliphatic rings. The molecule has 0 atom stereocenters. The molecule has 0 aromatic carbocycles. The van der Waals surface area contributed by atoms with Gasteiger partial charge in [0.05, 0.1) is 26.3 Å². The lowest BCUT2D eigenvalue weighted by molar-refractivity contribution is -0.125. The van der Waals surface area contributed by atoms with E-state index >= 15 is 0 Å². The van der Waals surface area contributed by atoms with Gasteiger partial charge in [-0.2, -0.15) is 13.2 Å². The van der Waals surface area contributed by atoms with Gasteiger partial charge in [-0.05, 0) is 0 Å². The highest BCUT2D eigenvalue weighted by atomic mass is 19.4. The van der Waals surface area contributed by atoms with Crippen LogP contribution in [-0.4, -0.2) is 36.9 Å². The first-order chi connectivity index (χ1) is 7.98. The second kappa shape index (κ2) is 5.67. The lowest BCUT2D eigenvalue weighted by Crippen LogP contribution is -2.28. The average molecular weight is 251 g/mol. The summed E-state index contributed by atoms with van der Waals surface area (Å²) in [4.78, 5) is 7.57. The number of ether oxygens (including phenoxy) is 2. The van der Waals surface area contributed by atoms with E-state index in [1.165, 1.54) is 20.5 Å². The molecule has 0 bridgehead atoms. The Morgan fingerprint density at radius 3 is 2.12 bits per heavy atom. The minimum Gasteiger partial charge on any atom is -0.481 e. The predicted molar refractivity (Wildman–Crippen MR) is 52.9 cm³/mol. The molecule has 0 spiro atoms. The number of halogens is 3. The number of hydrogen-bond acceptors (Lipinski definition) is 5. The fraction of sp³-hybridized carbons (Fsp3) is 0.556. The van der Waals surface area contributed by atoms with E-state index in [4.69, 9.17) is 9.47 Å². The third-order valence-corrected chi connectivity index (χ3v) is 1.88. The molecule has 1 aromatic heterocycles. The van der Waals surface area contributed by atoms with E-state index in [1.54, 1.807) is 0 Å². The van der Waals surface area contributed by atoms with Crippen LogP contribution >= 0.6 is 0 Å². The molecule has 96 valence electrons. The van der Waals surface area contributed by atoms with Crippen molar-refractivity contribution < 1.29 is 22.6 Å². The number of hydrogen-bond donors (Lipinski definition) is 1. The summed E-state index contributed by atoms with van der Waals surface area (Å²) in [7, 11) is 2.74. The molecule has 1 aromatic rings. The van der Waals surface area contributed by atoms with Gasteiger partial charge in [0.25, 0.3) is 0 Å². The van der Waals surface area contributed by atoms with Crippen LogP contribution in [-0.2, 0) is 6.54 Å². The summed E-state index contributed by atoms with van der Waals surface area (Å²) >= 11 is 0. The molecule has 0 amide bonds. The molecule has 0 fully saturated rings. The monoisotopic (exact) mass is 251 g/mol. The molecular weight excluding hydrogens is 239 g/mol. The molecule has 5 nitrogen and oxygen atoms in total. The Morgan fingerprint density at radius 1 is 1.18 bits per heavy atom. The van der Waals surface area contributed by atoms with Crippen LogP contribution in [0.4, 0.5) is 13.2 Å². The molecule has 8 heteroatoms. The first-order valence-electron chi connectivity index (χ1n) is 4.67. The Morgan fingerprint density at radius 2 is 1.71 bits per heavy atom. The number of alkyl halides is 3. The summed E-state index contributed by atoms with van der Waals surface area (Å²) < 4.78 is 45.7.